The van der Waals surface area contributed by atoms with E-state index in [2.05, 4.69) is 24.3 Å². The summed E-state index contributed by atoms with van der Waals surface area (Å²) in [4.78, 5) is 0. The lowest BCUT2D eigenvalue weighted by Gasteiger charge is -2.20. The Morgan fingerprint density at radius 2 is 1.90 bits per heavy atom. The highest BCUT2D eigenvalue weighted by molar-refractivity contribution is 5.25. The number of rotatable bonds is 6. The third-order valence-corrected chi connectivity index (χ3v) is 3.64. The van der Waals surface area contributed by atoms with Gasteiger partial charge in [0, 0.05) is 25.3 Å². The van der Waals surface area contributed by atoms with Crippen LogP contribution < -0.4 is 5.32 Å². The highest BCUT2D eigenvalue weighted by Crippen LogP contribution is 2.15. The molecule has 20 heavy (non-hydrogen) atoms. The van der Waals surface area contributed by atoms with Crippen molar-refractivity contribution in [2.75, 3.05) is 0 Å². The first-order valence-electron chi connectivity index (χ1n) is 7.08. The van der Waals surface area contributed by atoms with Crippen LogP contribution in [0.5, 0.6) is 5.75 Å². The molecule has 2 N–H and O–H groups in total. The number of nitrogens with one attached hydrogen (secondary N) is 1. The monoisotopic (exact) mass is 273 g/mol. The first kappa shape index (κ1) is 14.6. The van der Waals surface area contributed by atoms with Crippen LogP contribution in [0.2, 0.25) is 0 Å². The van der Waals surface area contributed by atoms with E-state index in [4.69, 9.17) is 0 Å². The Morgan fingerprint density at radius 1 is 1.20 bits per heavy atom. The molecule has 4 heteroatoms. The molecule has 0 aliphatic carbocycles. The van der Waals surface area contributed by atoms with Gasteiger partial charge in [0.15, 0.2) is 0 Å². The van der Waals surface area contributed by atoms with Crippen LogP contribution in [0.3, 0.4) is 0 Å². The average molecular weight is 273 g/mol. The number of phenols is 1. The molecule has 1 heterocycles. The Balaban J connectivity index is 1.82. The van der Waals surface area contributed by atoms with Crippen LogP contribution in [-0.2, 0) is 13.5 Å². The number of aromatic hydroxyl groups is 1. The summed E-state index contributed by atoms with van der Waals surface area (Å²) in [6.07, 6.45) is 3.90. The summed E-state index contributed by atoms with van der Waals surface area (Å²) in [5, 5.41) is 17.1. The van der Waals surface area contributed by atoms with Crippen LogP contribution in [-0.4, -0.2) is 20.9 Å². The minimum Gasteiger partial charge on any atom is -0.508 e. The second-order valence-corrected chi connectivity index (χ2v) is 5.37. The van der Waals surface area contributed by atoms with Gasteiger partial charge in [0.25, 0.3) is 0 Å². The van der Waals surface area contributed by atoms with Gasteiger partial charge in [-0.25, -0.2) is 0 Å². The molecule has 0 saturated heterocycles. The highest BCUT2D eigenvalue weighted by atomic mass is 16.3. The molecular weight excluding hydrogens is 250 g/mol. The zero-order valence-electron chi connectivity index (χ0n) is 12.4. The van der Waals surface area contributed by atoms with Gasteiger partial charge in [-0.05, 0) is 50.5 Å². The van der Waals surface area contributed by atoms with Gasteiger partial charge < -0.3 is 10.4 Å². The Labute approximate surface area is 120 Å². The number of aryl methyl sites for hydroxylation is 2. The predicted octanol–water partition coefficient (Wildman–Crippen LogP) is 2.80. The SMILES string of the molecule is CC(CCc1ccc(O)cc1)NC(C)c1ccnn1C. The first-order valence-corrected chi connectivity index (χ1v) is 7.08. The van der Waals surface area contributed by atoms with Crippen LogP contribution >= 0.6 is 0 Å². The number of benzene rings is 1. The fraction of sp³-hybridized carbons (Fsp3) is 0.438. The normalized spacial score (nSPS) is 14.2. The number of hydrogen-bond donors (Lipinski definition) is 2. The van der Waals surface area contributed by atoms with E-state index in [1.54, 1.807) is 12.1 Å². The van der Waals surface area contributed by atoms with Crippen molar-refractivity contribution in [1.82, 2.24) is 15.1 Å². The Morgan fingerprint density at radius 3 is 2.50 bits per heavy atom. The van der Waals surface area contributed by atoms with Gasteiger partial charge in [-0.1, -0.05) is 12.1 Å². The summed E-state index contributed by atoms with van der Waals surface area (Å²) in [6, 6.07) is 10.2. The van der Waals surface area contributed by atoms with Crippen LogP contribution in [0.1, 0.15) is 37.6 Å². The number of phenolic OH excluding ortho intramolecular Hbond substituents is 1. The van der Waals surface area contributed by atoms with Gasteiger partial charge >= 0.3 is 0 Å². The summed E-state index contributed by atoms with van der Waals surface area (Å²) in [5.74, 6) is 0.324. The number of nitrogens with zero attached hydrogens (tertiary/aromatic N) is 2. The van der Waals surface area contributed by atoms with Crippen molar-refractivity contribution in [2.24, 2.45) is 7.05 Å². The van der Waals surface area contributed by atoms with Gasteiger partial charge in [0.05, 0.1) is 5.69 Å². The summed E-state index contributed by atoms with van der Waals surface area (Å²) in [6.45, 7) is 4.36. The molecule has 108 valence electrons. The number of aromatic nitrogens is 2. The molecule has 0 amide bonds. The highest BCUT2D eigenvalue weighted by Gasteiger charge is 2.12. The van der Waals surface area contributed by atoms with E-state index in [1.807, 2.05) is 36.1 Å². The smallest absolute Gasteiger partial charge is 0.115 e. The van der Waals surface area contributed by atoms with Crippen molar-refractivity contribution in [3.8, 4) is 5.75 Å². The maximum atomic E-state index is 9.26. The molecule has 0 spiro atoms. The first-order chi connectivity index (χ1) is 9.56. The third kappa shape index (κ3) is 3.84. The summed E-state index contributed by atoms with van der Waals surface area (Å²) in [5.41, 5.74) is 2.45. The Bertz CT molecular complexity index is 533. The number of hydrogen-bond acceptors (Lipinski definition) is 3. The van der Waals surface area contributed by atoms with Gasteiger partial charge in [0.2, 0.25) is 0 Å². The van der Waals surface area contributed by atoms with Crippen molar-refractivity contribution in [3.05, 3.63) is 47.8 Å². The standard InChI is InChI=1S/C16H23N3O/c1-12(4-5-14-6-8-15(20)9-7-14)18-13(2)16-10-11-17-19(16)3/h6-13,18,20H,4-5H2,1-3H3. The molecule has 2 rings (SSSR count). The van der Waals surface area contributed by atoms with Gasteiger partial charge in [-0.2, -0.15) is 5.10 Å². The van der Waals surface area contributed by atoms with Crippen molar-refractivity contribution < 1.29 is 5.11 Å². The molecule has 2 atom stereocenters. The summed E-state index contributed by atoms with van der Waals surface area (Å²) < 4.78 is 1.91. The minimum atomic E-state index is 0.289. The third-order valence-electron chi connectivity index (χ3n) is 3.64. The van der Waals surface area contributed by atoms with E-state index < -0.39 is 0 Å². The molecule has 2 aromatic rings. The van der Waals surface area contributed by atoms with Crippen LogP contribution in [0, 0.1) is 0 Å². The molecule has 0 fully saturated rings. The van der Waals surface area contributed by atoms with Gasteiger partial charge in [-0.15, -0.1) is 0 Å². The van der Waals surface area contributed by atoms with E-state index in [1.165, 1.54) is 11.3 Å². The molecule has 4 nitrogen and oxygen atoms in total. The lowest BCUT2D eigenvalue weighted by Crippen LogP contribution is -2.30. The van der Waals surface area contributed by atoms with Crippen molar-refractivity contribution in [3.63, 3.8) is 0 Å². The molecule has 0 saturated carbocycles. The molecule has 0 radical (unpaired) electrons. The van der Waals surface area contributed by atoms with Gasteiger partial charge in [-0.3, -0.25) is 4.68 Å². The molecule has 1 aromatic heterocycles. The lowest BCUT2D eigenvalue weighted by atomic mass is 10.1. The molecule has 0 bridgehead atoms. The maximum absolute atomic E-state index is 9.26. The fourth-order valence-corrected chi connectivity index (χ4v) is 2.45. The second kappa shape index (κ2) is 6.57. The quantitative estimate of drug-likeness (QED) is 0.851. The predicted molar refractivity (Wildman–Crippen MR) is 80.6 cm³/mol. The van der Waals surface area contributed by atoms with Gasteiger partial charge in [0.1, 0.15) is 5.75 Å². The zero-order chi connectivity index (χ0) is 14.5. The second-order valence-electron chi connectivity index (χ2n) is 5.37. The van der Waals surface area contributed by atoms with E-state index in [-0.39, 0.29) is 6.04 Å². The van der Waals surface area contributed by atoms with Crippen molar-refractivity contribution in [1.29, 1.82) is 0 Å². The molecule has 2 unspecified atom stereocenters. The topological polar surface area (TPSA) is 50.1 Å². The lowest BCUT2D eigenvalue weighted by molar-refractivity contribution is 0.438. The van der Waals surface area contributed by atoms with Crippen molar-refractivity contribution in [2.45, 2.75) is 38.8 Å². The van der Waals surface area contributed by atoms with E-state index in [0.717, 1.165) is 12.8 Å². The average Bonchev–Trinajstić information content (AvgIpc) is 2.84. The zero-order valence-corrected chi connectivity index (χ0v) is 12.4. The molecular formula is C16H23N3O. The van der Waals surface area contributed by atoms with Crippen LogP contribution in [0.15, 0.2) is 36.5 Å². The summed E-state index contributed by atoms with van der Waals surface area (Å²) in [7, 11) is 1.97. The molecule has 0 aliphatic heterocycles. The van der Waals surface area contributed by atoms with Crippen LogP contribution in [0.4, 0.5) is 0 Å². The maximum Gasteiger partial charge on any atom is 0.115 e. The van der Waals surface area contributed by atoms with E-state index in [9.17, 15) is 5.11 Å². The summed E-state index contributed by atoms with van der Waals surface area (Å²) >= 11 is 0. The van der Waals surface area contributed by atoms with Crippen molar-refractivity contribution >= 4 is 0 Å². The molecule has 1 aromatic carbocycles. The van der Waals surface area contributed by atoms with Crippen LogP contribution in [0.25, 0.3) is 0 Å². The fourth-order valence-electron chi connectivity index (χ4n) is 2.45. The minimum absolute atomic E-state index is 0.289. The molecule has 0 aliphatic rings. The van der Waals surface area contributed by atoms with E-state index >= 15 is 0 Å². The Hall–Kier alpha value is -1.81. The largest absolute Gasteiger partial charge is 0.508 e. The van der Waals surface area contributed by atoms with E-state index in [0.29, 0.717) is 11.8 Å². The Kier molecular flexibility index (Phi) is 4.79.